The standard InChI is InChI=1S/C31H42N2.2C2H5.Pd/c1-5-9-12-13-25-18-22-27(23-19-25)31-29(15-11-7-3)28(14-10-6-2)30(33(31)32)26-20-16-24(8-4)17-21-26;2*1-2;/h16-23H,5-15H2,1-4H3;2*1H2,2H3;/q;2*-1;+2. The zero-order valence-electron chi connectivity index (χ0n) is 25.0. The summed E-state index contributed by atoms with van der Waals surface area (Å²) >= 11 is 0. The van der Waals surface area contributed by atoms with E-state index in [9.17, 15) is 5.53 Å². The minimum Gasteiger partial charge on any atom is -0.493 e. The van der Waals surface area contributed by atoms with E-state index < -0.39 is 0 Å². The molecule has 0 N–H and O–H groups in total. The van der Waals surface area contributed by atoms with Crippen molar-refractivity contribution in [3.63, 3.8) is 0 Å². The largest absolute Gasteiger partial charge is 2.00 e. The first kappa shape index (κ1) is 36.2. The average Bonchev–Trinajstić information content (AvgIpc) is 3.24. The van der Waals surface area contributed by atoms with Crippen LogP contribution >= 0.6 is 0 Å². The number of nitrogens with zero attached hydrogens (tertiary/aromatic N) is 2. The van der Waals surface area contributed by atoms with E-state index in [-0.39, 0.29) is 20.4 Å². The molecule has 2 aromatic rings. The van der Waals surface area contributed by atoms with Crippen molar-refractivity contribution >= 4 is 11.4 Å². The molecular weight excluding hydrogens is 555 g/mol. The molecule has 1 aliphatic rings. The van der Waals surface area contributed by atoms with Crippen LogP contribution in [0.3, 0.4) is 0 Å². The van der Waals surface area contributed by atoms with Gasteiger partial charge in [0.2, 0.25) is 11.4 Å². The second-order valence-electron chi connectivity index (χ2n) is 9.38. The van der Waals surface area contributed by atoms with Gasteiger partial charge in [-0.05, 0) is 80.3 Å². The average molecular weight is 607 g/mol. The first-order chi connectivity index (χ1) is 18.1. The molecule has 212 valence electrons. The smallest absolute Gasteiger partial charge is 0.493 e. The Kier molecular flexibility index (Phi) is 20.1. The Bertz CT molecular complexity index is 982. The second-order valence-corrected chi connectivity index (χ2v) is 9.38. The van der Waals surface area contributed by atoms with Crippen molar-refractivity contribution < 1.29 is 25.1 Å². The molecule has 0 fully saturated rings. The predicted molar refractivity (Wildman–Crippen MR) is 164 cm³/mol. The topological polar surface area (TPSA) is 25.3 Å². The van der Waals surface area contributed by atoms with Crippen molar-refractivity contribution in [1.82, 2.24) is 0 Å². The van der Waals surface area contributed by atoms with Crippen molar-refractivity contribution in [1.29, 1.82) is 0 Å². The summed E-state index contributed by atoms with van der Waals surface area (Å²) in [6.07, 6.45) is 12.5. The zero-order valence-corrected chi connectivity index (χ0v) is 26.6. The monoisotopic (exact) mass is 606 g/mol. The predicted octanol–water partition coefficient (Wildman–Crippen LogP) is 11.2. The van der Waals surface area contributed by atoms with E-state index in [2.05, 4.69) is 90.1 Å². The quantitative estimate of drug-likeness (QED) is 0.0938. The third-order valence-corrected chi connectivity index (χ3v) is 6.85. The fourth-order valence-corrected chi connectivity index (χ4v) is 4.80. The van der Waals surface area contributed by atoms with Crippen LogP contribution in [0.25, 0.3) is 16.9 Å². The number of benzene rings is 2. The van der Waals surface area contributed by atoms with Gasteiger partial charge in [0.05, 0.1) is 0 Å². The molecule has 2 nitrogen and oxygen atoms in total. The Hall–Kier alpha value is -1.82. The van der Waals surface area contributed by atoms with Crippen LogP contribution < -0.4 is 0 Å². The summed E-state index contributed by atoms with van der Waals surface area (Å²) in [5, 5.41) is 0. The van der Waals surface area contributed by atoms with Gasteiger partial charge < -0.3 is 19.4 Å². The van der Waals surface area contributed by atoms with Crippen LogP contribution in [0, 0.1) is 13.8 Å². The van der Waals surface area contributed by atoms with Crippen LogP contribution in [0.2, 0.25) is 0 Å². The molecule has 3 heteroatoms. The van der Waals surface area contributed by atoms with Crippen molar-refractivity contribution in [2.75, 3.05) is 0 Å². The SMILES string of the molecule is CCCCCc1ccc(C2=C(CCCC)C(CCCC)=C(c3ccc(CC)cc3)[N+]2=[N-])cc1.[CH2-]C.[CH2-]C.[Pd+2]. The van der Waals surface area contributed by atoms with E-state index in [0.29, 0.717) is 0 Å². The van der Waals surface area contributed by atoms with Gasteiger partial charge in [0.1, 0.15) is 0 Å². The molecule has 1 heterocycles. The second kappa shape index (κ2) is 21.1. The maximum absolute atomic E-state index is 11.6. The molecule has 0 aromatic heterocycles. The molecule has 0 unspecified atom stereocenters. The molecule has 0 saturated carbocycles. The van der Waals surface area contributed by atoms with E-state index >= 15 is 0 Å². The van der Waals surface area contributed by atoms with Crippen LogP contribution in [-0.4, -0.2) is 4.70 Å². The normalized spacial score (nSPS) is 12.5. The minimum atomic E-state index is 0. The summed E-state index contributed by atoms with van der Waals surface area (Å²) in [7, 11) is 0. The van der Waals surface area contributed by atoms with Gasteiger partial charge in [-0.3, -0.25) is 0 Å². The molecule has 0 bridgehead atoms. The molecule has 0 saturated heterocycles. The van der Waals surface area contributed by atoms with Crippen LogP contribution in [0.1, 0.15) is 122 Å². The Morgan fingerprint density at radius 1 is 0.553 bits per heavy atom. The fraction of sp³-hybridized carbons (Fsp3) is 0.486. The molecule has 0 radical (unpaired) electrons. The van der Waals surface area contributed by atoms with Gasteiger partial charge in [-0.1, -0.05) is 77.6 Å². The van der Waals surface area contributed by atoms with E-state index in [0.717, 1.165) is 73.9 Å². The first-order valence-corrected chi connectivity index (χ1v) is 14.7. The molecule has 0 atom stereocenters. The third-order valence-electron chi connectivity index (χ3n) is 6.85. The van der Waals surface area contributed by atoms with E-state index in [1.165, 1.54) is 46.2 Å². The number of rotatable bonds is 13. The van der Waals surface area contributed by atoms with Gasteiger partial charge in [0.15, 0.2) is 0 Å². The molecule has 1 aliphatic heterocycles. The van der Waals surface area contributed by atoms with Gasteiger partial charge in [0, 0.05) is 22.3 Å². The summed E-state index contributed by atoms with van der Waals surface area (Å²) in [4.78, 5) is 0. The van der Waals surface area contributed by atoms with Crippen molar-refractivity contribution in [2.24, 2.45) is 0 Å². The van der Waals surface area contributed by atoms with Crippen LogP contribution in [0.5, 0.6) is 0 Å². The van der Waals surface area contributed by atoms with E-state index in [1.807, 2.05) is 0 Å². The Labute approximate surface area is 249 Å². The number of aryl methyl sites for hydroxylation is 2. The molecular formula is C35H52N2Pd. The maximum Gasteiger partial charge on any atom is 2.00 e. The van der Waals surface area contributed by atoms with Gasteiger partial charge in [-0.2, -0.15) is 13.8 Å². The summed E-state index contributed by atoms with van der Waals surface area (Å²) < 4.78 is 1.50. The molecule has 2 aromatic carbocycles. The number of hydrogen-bond acceptors (Lipinski definition) is 0. The number of unbranched alkanes of at least 4 members (excludes halogenated alkanes) is 4. The van der Waals surface area contributed by atoms with Gasteiger partial charge in [-0.15, -0.1) is 0 Å². The minimum absolute atomic E-state index is 0. The van der Waals surface area contributed by atoms with Crippen molar-refractivity contribution in [2.45, 2.75) is 112 Å². The maximum atomic E-state index is 11.6. The van der Waals surface area contributed by atoms with E-state index in [1.54, 1.807) is 13.8 Å². The Morgan fingerprint density at radius 3 is 1.32 bits per heavy atom. The van der Waals surface area contributed by atoms with Crippen LogP contribution in [-0.2, 0) is 33.3 Å². The van der Waals surface area contributed by atoms with Crippen LogP contribution in [0.15, 0.2) is 59.7 Å². The Morgan fingerprint density at radius 2 is 0.947 bits per heavy atom. The molecule has 3 rings (SSSR count). The number of allylic oxidation sites excluding steroid dienone is 2. The van der Waals surface area contributed by atoms with Crippen LogP contribution in [0.4, 0.5) is 0 Å². The molecule has 38 heavy (non-hydrogen) atoms. The van der Waals surface area contributed by atoms with Crippen molar-refractivity contribution in [3.8, 4) is 0 Å². The summed E-state index contributed by atoms with van der Waals surface area (Å²) in [6, 6.07) is 17.7. The zero-order chi connectivity index (χ0) is 27.6. The fourth-order valence-electron chi connectivity index (χ4n) is 4.80. The molecule has 0 amide bonds. The van der Waals surface area contributed by atoms with Gasteiger partial charge in [0.25, 0.3) is 0 Å². The third kappa shape index (κ3) is 10.1. The Balaban J connectivity index is 0.00000261. The summed E-state index contributed by atoms with van der Waals surface area (Å²) in [5.41, 5.74) is 21.2. The van der Waals surface area contributed by atoms with Gasteiger partial charge in [-0.25, -0.2) is 4.70 Å². The molecule has 0 spiro atoms. The van der Waals surface area contributed by atoms with Gasteiger partial charge >= 0.3 is 20.4 Å². The summed E-state index contributed by atoms with van der Waals surface area (Å²) in [6.45, 7) is 18.9. The first-order valence-electron chi connectivity index (χ1n) is 14.7. The molecule has 0 aliphatic carbocycles. The van der Waals surface area contributed by atoms with Crippen molar-refractivity contribution in [3.05, 3.63) is 101 Å². The summed E-state index contributed by atoms with van der Waals surface area (Å²) in [5.74, 6) is 0. The van der Waals surface area contributed by atoms with E-state index in [4.69, 9.17) is 0 Å². The number of hydrogen-bond donors (Lipinski definition) is 0.